The molecular weight excluding hydrogens is 156 g/mol. The van der Waals surface area contributed by atoms with E-state index in [0.717, 1.165) is 0 Å². The largest absolute Gasteiger partial charge is 0.365 e. The summed E-state index contributed by atoms with van der Waals surface area (Å²) in [6.45, 7) is 0. The Morgan fingerprint density at radius 3 is 2.40 bits per heavy atom. The lowest BCUT2D eigenvalue weighted by Crippen LogP contribution is -2.31. The van der Waals surface area contributed by atoms with Crippen LogP contribution < -0.4 is 0 Å². The highest BCUT2D eigenvalue weighted by atomic mass is 32.2. The van der Waals surface area contributed by atoms with Gasteiger partial charge in [-0.2, -0.15) is 0 Å². The molecule has 0 radical (unpaired) electrons. The third-order valence-corrected chi connectivity index (χ3v) is 3.35. The fraction of sp³-hybridized carbons (Fsp3) is 1.00. The fourth-order valence-corrected chi connectivity index (χ4v) is 2.69. The molecule has 5 heteroatoms. The minimum atomic E-state index is -3.04. The van der Waals surface area contributed by atoms with Crippen molar-refractivity contribution in [2.24, 2.45) is 0 Å². The maximum atomic E-state index is 10.8. The third-order valence-electron chi connectivity index (χ3n) is 1.63. The van der Waals surface area contributed by atoms with Gasteiger partial charge in [-0.1, -0.05) is 0 Å². The van der Waals surface area contributed by atoms with Crippen LogP contribution in [0.5, 0.6) is 0 Å². The summed E-state index contributed by atoms with van der Waals surface area (Å²) < 4.78 is 26.1. The number of hydrogen-bond acceptors (Lipinski definition) is 4. The second-order valence-corrected chi connectivity index (χ2v) is 4.68. The molecule has 1 fully saturated rings. The van der Waals surface area contributed by atoms with E-state index >= 15 is 0 Å². The highest BCUT2D eigenvalue weighted by molar-refractivity contribution is 7.91. The Morgan fingerprint density at radius 2 is 2.20 bits per heavy atom. The van der Waals surface area contributed by atoms with Gasteiger partial charge in [0.25, 0.3) is 0 Å². The summed E-state index contributed by atoms with van der Waals surface area (Å²) in [6.07, 6.45) is 0.186. The molecular formula is C5H10O4S. The second kappa shape index (κ2) is 2.18. The number of rotatable bonds is 1. The highest BCUT2D eigenvalue weighted by Gasteiger charge is 2.40. The Hall–Kier alpha value is -0.130. The van der Waals surface area contributed by atoms with E-state index in [1.165, 1.54) is 7.11 Å². The van der Waals surface area contributed by atoms with Crippen LogP contribution in [-0.4, -0.2) is 37.9 Å². The van der Waals surface area contributed by atoms with Gasteiger partial charge in [0.15, 0.2) is 15.6 Å². The molecule has 1 atom stereocenters. The Bertz CT molecular complexity index is 220. The standard InChI is InChI=1S/C5H10O4S/c1-9-5(6)2-3-10(7,8)4-5/h6H,2-4H2,1H3. The van der Waals surface area contributed by atoms with Crippen molar-refractivity contribution in [1.29, 1.82) is 0 Å². The van der Waals surface area contributed by atoms with Gasteiger partial charge in [-0.05, 0) is 0 Å². The molecule has 1 N–H and O–H groups in total. The molecule has 0 aromatic rings. The second-order valence-electron chi connectivity index (χ2n) is 2.49. The van der Waals surface area contributed by atoms with Crippen molar-refractivity contribution in [3.63, 3.8) is 0 Å². The van der Waals surface area contributed by atoms with Crippen LogP contribution in [0.3, 0.4) is 0 Å². The van der Waals surface area contributed by atoms with Crippen LogP contribution in [0.15, 0.2) is 0 Å². The van der Waals surface area contributed by atoms with E-state index in [1.54, 1.807) is 0 Å². The molecule has 0 saturated carbocycles. The average molecular weight is 166 g/mol. The molecule has 10 heavy (non-hydrogen) atoms. The average Bonchev–Trinajstić information content (AvgIpc) is 2.08. The predicted octanol–water partition coefficient (Wildman–Crippen LogP) is -0.860. The van der Waals surface area contributed by atoms with Gasteiger partial charge in [-0.15, -0.1) is 0 Å². The molecule has 1 aliphatic heterocycles. The number of methoxy groups -OCH3 is 1. The lowest BCUT2D eigenvalue weighted by molar-refractivity contribution is -0.163. The minimum absolute atomic E-state index is 0.0251. The molecule has 0 aromatic heterocycles. The van der Waals surface area contributed by atoms with Crippen LogP contribution in [0, 0.1) is 0 Å². The summed E-state index contributed by atoms with van der Waals surface area (Å²) in [5.41, 5.74) is 0. The molecule has 4 nitrogen and oxygen atoms in total. The number of sulfone groups is 1. The van der Waals surface area contributed by atoms with Crippen LogP contribution >= 0.6 is 0 Å². The first kappa shape index (κ1) is 7.97. The van der Waals surface area contributed by atoms with Crippen molar-refractivity contribution in [2.75, 3.05) is 18.6 Å². The van der Waals surface area contributed by atoms with Crippen LogP contribution in [0.4, 0.5) is 0 Å². The van der Waals surface area contributed by atoms with Crippen molar-refractivity contribution in [3.05, 3.63) is 0 Å². The fourth-order valence-electron chi connectivity index (χ4n) is 0.964. The van der Waals surface area contributed by atoms with Gasteiger partial charge >= 0.3 is 0 Å². The van der Waals surface area contributed by atoms with E-state index < -0.39 is 15.6 Å². The molecule has 1 heterocycles. The van der Waals surface area contributed by atoms with E-state index in [0.29, 0.717) is 0 Å². The lowest BCUT2D eigenvalue weighted by Gasteiger charge is -2.17. The van der Waals surface area contributed by atoms with E-state index in [-0.39, 0.29) is 17.9 Å². The molecule has 60 valence electrons. The predicted molar refractivity (Wildman–Crippen MR) is 35.2 cm³/mol. The van der Waals surface area contributed by atoms with Crippen molar-refractivity contribution < 1.29 is 18.3 Å². The first-order valence-electron chi connectivity index (χ1n) is 2.95. The molecule has 0 aliphatic carbocycles. The number of aliphatic hydroxyl groups is 1. The first-order chi connectivity index (χ1) is 4.47. The number of hydrogen-bond donors (Lipinski definition) is 1. The smallest absolute Gasteiger partial charge is 0.180 e. The molecule has 1 saturated heterocycles. The molecule has 1 rings (SSSR count). The van der Waals surface area contributed by atoms with Gasteiger partial charge in [0, 0.05) is 13.5 Å². The van der Waals surface area contributed by atoms with Crippen LogP contribution in [-0.2, 0) is 14.6 Å². The van der Waals surface area contributed by atoms with Gasteiger partial charge in [0.05, 0.1) is 5.75 Å². The lowest BCUT2D eigenvalue weighted by atomic mass is 10.2. The summed E-state index contributed by atoms with van der Waals surface area (Å²) in [6, 6.07) is 0. The molecule has 0 aromatic carbocycles. The molecule has 0 amide bonds. The SMILES string of the molecule is COC1(O)CCS(=O)(=O)C1. The van der Waals surface area contributed by atoms with Crippen LogP contribution in [0.2, 0.25) is 0 Å². The summed E-state index contributed by atoms with van der Waals surface area (Å²) in [4.78, 5) is 0. The Labute approximate surface area is 59.7 Å². The maximum absolute atomic E-state index is 10.8. The van der Waals surface area contributed by atoms with E-state index in [1.807, 2.05) is 0 Å². The zero-order chi connectivity index (χ0) is 7.83. The summed E-state index contributed by atoms with van der Waals surface area (Å²) in [5, 5.41) is 9.23. The Balaban J connectivity index is 2.76. The molecule has 0 bridgehead atoms. The van der Waals surface area contributed by atoms with Gasteiger partial charge in [-0.25, -0.2) is 8.42 Å². The normalized spacial score (nSPS) is 38.2. The molecule has 0 spiro atoms. The summed E-state index contributed by atoms with van der Waals surface area (Å²) in [7, 11) is -1.73. The molecule has 1 unspecified atom stereocenters. The third kappa shape index (κ3) is 1.47. The van der Waals surface area contributed by atoms with E-state index in [9.17, 15) is 13.5 Å². The minimum Gasteiger partial charge on any atom is -0.365 e. The Morgan fingerprint density at radius 1 is 1.60 bits per heavy atom. The quantitative estimate of drug-likeness (QED) is 0.515. The monoisotopic (exact) mass is 166 g/mol. The zero-order valence-corrected chi connectivity index (χ0v) is 6.52. The maximum Gasteiger partial charge on any atom is 0.180 e. The summed E-state index contributed by atoms with van der Waals surface area (Å²) in [5.74, 6) is -1.66. The van der Waals surface area contributed by atoms with Crippen molar-refractivity contribution in [2.45, 2.75) is 12.2 Å². The van der Waals surface area contributed by atoms with Gasteiger partial charge in [0.2, 0.25) is 0 Å². The van der Waals surface area contributed by atoms with E-state index in [4.69, 9.17) is 0 Å². The van der Waals surface area contributed by atoms with Crippen LogP contribution in [0.25, 0.3) is 0 Å². The highest BCUT2D eigenvalue weighted by Crippen LogP contribution is 2.23. The zero-order valence-electron chi connectivity index (χ0n) is 5.70. The Kier molecular flexibility index (Phi) is 1.74. The van der Waals surface area contributed by atoms with Crippen molar-refractivity contribution in [3.8, 4) is 0 Å². The summed E-state index contributed by atoms with van der Waals surface area (Å²) >= 11 is 0. The van der Waals surface area contributed by atoms with Gasteiger partial charge in [0.1, 0.15) is 5.75 Å². The van der Waals surface area contributed by atoms with E-state index in [2.05, 4.69) is 4.74 Å². The van der Waals surface area contributed by atoms with Gasteiger partial charge in [-0.3, -0.25) is 0 Å². The van der Waals surface area contributed by atoms with Gasteiger partial charge < -0.3 is 9.84 Å². The number of ether oxygens (including phenoxy) is 1. The first-order valence-corrected chi connectivity index (χ1v) is 4.78. The van der Waals surface area contributed by atoms with Crippen molar-refractivity contribution >= 4 is 9.84 Å². The van der Waals surface area contributed by atoms with Crippen molar-refractivity contribution in [1.82, 2.24) is 0 Å². The topological polar surface area (TPSA) is 63.6 Å². The van der Waals surface area contributed by atoms with Crippen LogP contribution in [0.1, 0.15) is 6.42 Å². The molecule has 1 aliphatic rings.